The Morgan fingerprint density at radius 3 is 2.00 bits per heavy atom. The SMILES string of the molecule is C[C@@H]1C[C@@H](C)OC(C)(C2CCCCC2)O1. The second-order valence-corrected chi connectivity index (χ2v) is 5.44. The van der Waals surface area contributed by atoms with Gasteiger partial charge in [0.15, 0.2) is 5.79 Å². The van der Waals surface area contributed by atoms with Crippen molar-refractivity contribution in [3.05, 3.63) is 0 Å². The summed E-state index contributed by atoms with van der Waals surface area (Å²) in [7, 11) is 0. The summed E-state index contributed by atoms with van der Waals surface area (Å²) in [6, 6.07) is 0. The summed E-state index contributed by atoms with van der Waals surface area (Å²) < 4.78 is 12.1. The molecule has 2 rings (SSSR count). The smallest absolute Gasteiger partial charge is 0.168 e. The van der Waals surface area contributed by atoms with Crippen LogP contribution in [0.4, 0.5) is 0 Å². The lowest BCUT2D eigenvalue weighted by atomic mass is 9.83. The highest BCUT2D eigenvalue weighted by Gasteiger charge is 2.42. The first-order valence-corrected chi connectivity index (χ1v) is 6.46. The highest BCUT2D eigenvalue weighted by molar-refractivity contribution is 4.83. The first kappa shape index (κ1) is 11.4. The molecule has 0 aromatic carbocycles. The van der Waals surface area contributed by atoms with Gasteiger partial charge < -0.3 is 9.47 Å². The molecular weight excluding hydrogens is 188 g/mol. The van der Waals surface area contributed by atoms with Crippen molar-refractivity contribution in [3.8, 4) is 0 Å². The van der Waals surface area contributed by atoms with Crippen molar-refractivity contribution in [3.63, 3.8) is 0 Å². The van der Waals surface area contributed by atoms with Crippen LogP contribution in [-0.4, -0.2) is 18.0 Å². The predicted octanol–water partition coefficient (Wildman–Crippen LogP) is 3.50. The molecule has 2 nitrogen and oxygen atoms in total. The zero-order valence-corrected chi connectivity index (χ0v) is 10.3. The van der Waals surface area contributed by atoms with Gasteiger partial charge in [0.1, 0.15) is 0 Å². The molecular formula is C13H24O2. The van der Waals surface area contributed by atoms with Crippen LogP contribution in [0.5, 0.6) is 0 Å². The molecule has 0 amide bonds. The molecule has 0 spiro atoms. The zero-order chi connectivity index (χ0) is 10.9. The van der Waals surface area contributed by atoms with Crippen LogP contribution in [0.3, 0.4) is 0 Å². The van der Waals surface area contributed by atoms with Crippen molar-refractivity contribution >= 4 is 0 Å². The zero-order valence-electron chi connectivity index (χ0n) is 10.3. The minimum atomic E-state index is -0.308. The van der Waals surface area contributed by atoms with Gasteiger partial charge in [0, 0.05) is 5.92 Å². The van der Waals surface area contributed by atoms with Crippen LogP contribution >= 0.6 is 0 Å². The first-order chi connectivity index (χ1) is 7.10. The topological polar surface area (TPSA) is 18.5 Å². The van der Waals surface area contributed by atoms with Crippen LogP contribution < -0.4 is 0 Å². The van der Waals surface area contributed by atoms with Crippen LogP contribution in [0.25, 0.3) is 0 Å². The normalized spacial score (nSPS) is 44.2. The summed E-state index contributed by atoms with van der Waals surface area (Å²) in [6.45, 7) is 6.48. The predicted molar refractivity (Wildman–Crippen MR) is 60.7 cm³/mol. The summed E-state index contributed by atoms with van der Waals surface area (Å²) in [5.41, 5.74) is 0. The molecule has 1 saturated carbocycles. The van der Waals surface area contributed by atoms with E-state index < -0.39 is 0 Å². The highest BCUT2D eigenvalue weighted by atomic mass is 16.7. The Morgan fingerprint density at radius 2 is 1.47 bits per heavy atom. The van der Waals surface area contributed by atoms with Gasteiger partial charge in [-0.15, -0.1) is 0 Å². The number of hydrogen-bond acceptors (Lipinski definition) is 2. The third-order valence-corrected chi connectivity index (χ3v) is 3.88. The lowest BCUT2D eigenvalue weighted by Gasteiger charge is -2.46. The van der Waals surface area contributed by atoms with E-state index in [1.807, 2.05) is 0 Å². The molecule has 88 valence electrons. The first-order valence-electron chi connectivity index (χ1n) is 6.46. The van der Waals surface area contributed by atoms with Crippen molar-refractivity contribution in [2.75, 3.05) is 0 Å². The molecule has 0 radical (unpaired) electrons. The van der Waals surface area contributed by atoms with Crippen LogP contribution in [0.1, 0.15) is 59.3 Å². The van der Waals surface area contributed by atoms with Gasteiger partial charge in [0.2, 0.25) is 0 Å². The maximum atomic E-state index is 6.06. The average Bonchev–Trinajstić information content (AvgIpc) is 2.17. The second kappa shape index (κ2) is 4.42. The van der Waals surface area contributed by atoms with E-state index >= 15 is 0 Å². The lowest BCUT2D eigenvalue weighted by molar-refractivity contribution is -0.328. The van der Waals surface area contributed by atoms with E-state index in [-0.39, 0.29) is 5.79 Å². The fourth-order valence-corrected chi connectivity index (χ4v) is 3.21. The molecule has 15 heavy (non-hydrogen) atoms. The van der Waals surface area contributed by atoms with Gasteiger partial charge in [-0.3, -0.25) is 0 Å². The Kier molecular flexibility index (Phi) is 3.36. The third kappa shape index (κ3) is 2.54. The summed E-state index contributed by atoms with van der Waals surface area (Å²) in [6.07, 6.45) is 8.35. The monoisotopic (exact) mass is 212 g/mol. The molecule has 0 aromatic rings. The third-order valence-electron chi connectivity index (χ3n) is 3.88. The number of hydrogen-bond donors (Lipinski definition) is 0. The van der Waals surface area contributed by atoms with Gasteiger partial charge >= 0.3 is 0 Å². The number of ether oxygens (including phenoxy) is 2. The summed E-state index contributed by atoms with van der Waals surface area (Å²) in [5.74, 6) is 0.300. The molecule has 0 N–H and O–H groups in total. The quantitative estimate of drug-likeness (QED) is 0.662. The van der Waals surface area contributed by atoms with Crippen LogP contribution in [0.15, 0.2) is 0 Å². The fraction of sp³-hybridized carbons (Fsp3) is 1.00. The van der Waals surface area contributed by atoms with Crippen molar-refractivity contribution in [2.24, 2.45) is 5.92 Å². The maximum Gasteiger partial charge on any atom is 0.168 e. The minimum Gasteiger partial charge on any atom is -0.347 e. The van der Waals surface area contributed by atoms with Crippen molar-refractivity contribution < 1.29 is 9.47 Å². The molecule has 1 heterocycles. The molecule has 0 aromatic heterocycles. The van der Waals surface area contributed by atoms with E-state index in [2.05, 4.69) is 20.8 Å². The lowest BCUT2D eigenvalue weighted by Crippen LogP contribution is -2.50. The molecule has 2 aliphatic rings. The van der Waals surface area contributed by atoms with Gasteiger partial charge in [-0.1, -0.05) is 19.3 Å². The van der Waals surface area contributed by atoms with Gasteiger partial charge in [-0.2, -0.15) is 0 Å². The second-order valence-electron chi connectivity index (χ2n) is 5.44. The number of rotatable bonds is 1. The van der Waals surface area contributed by atoms with Crippen LogP contribution in [0.2, 0.25) is 0 Å². The van der Waals surface area contributed by atoms with Crippen molar-refractivity contribution in [1.29, 1.82) is 0 Å². The standard InChI is InChI=1S/C13H24O2/c1-10-9-11(2)15-13(3,14-10)12-7-5-4-6-8-12/h10-12H,4-9H2,1-3H3/t10-,11-/m1/s1. The van der Waals surface area contributed by atoms with Crippen LogP contribution in [0, 0.1) is 5.92 Å². The average molecular weight is 212 g/mol. The highest BCUT2D eigenvalue weighted by Crippen LogP contribution is 2.40. The summed E-state index contributed by atoms with van der Waals surface area (Å²) in [5, 5.41) is 0. The van der Waals surface area contributed by atoms with E-state index in [1.54, 1.807) is 0 Å². The van der Waals surface area contributed by atoms with Crippen LogP contribution in [-0.2, 0) is 9.47 Å². The largest absolute Gasteiger partial charge is 0.347 e. The van der Waals surface area contributed by atoms with E-state index in [0.29, 0.717) is 18.1 Å². The Hall–Kier alpha value is -0.0800. The molecule has 1 aliphatic heterocycles. The summed E-state index contributed by atoms with van der Waals surface area (Å²) >= 11 is 0. The molecule has 0 unspecified atom stereocenters. The Morgan fingerprint density at radius 1 is 0.933 bits per heavy atom. The molecule has 1 saturated heterocycles. The van der Waals surface area contributed by atoms with Crippen molar-refractivity contribution in [2.45, 2.75) is 77.3 Å². The molecule has 2 fully saturated rings. The Balaban J connectivity index is 2.02. The van der Waals surface area contributed by atoms with Gasteiger partial charge in [0.25, 0.3) is 0 Å². The molecule has 1 aliphatic carbocycles. The molecule has 2 atom stereocenters. The Bertz CT molecular complexity index is 199. The van der Waals surface area contributed by atoms with E-state index in [0.717, 1.165) is 6.42 Å². The maximum absolute atomic E-state index is 6.06. The van der Waals surface area contributed by atoms with Crippen molar-refractivity contribution in [1.82, 2.24) is 0 Å². The van der Waals surface area contributed by atoms with Gasteiger partial charge in [-0.25, -0.2) is 0 Å². The molecule has 0 bridgehead atoms. The van der Waals surface area contributed by atoms with E-state index in [1.165, 1.54) is 32.1 Å². The fourth-order valence-electron chi connectivity index (χ4n) is 3.21. The Labute approximate surface area is 93.3 Å². The minimum absolute atomic E-state index is 0.308. The van der Waals surface area contributed by atoms with Gasteiger partial charge in [0.05, 0.1) is 12.2 Å². The molecule has 2 heteroatoms. The van der Waals surface area contributed by atoms with Gasteiger partial charge in [-0.05, 0) is 40.0 Å². The van der Waals surface area contributed by atoms with E-state index in [4.69, 9.17) is 9.47 Å². The summed E-state index contributed by atoms with van der Waals surface area (Å²) in [4.78, 5) is 0. The van der Waals surface area contributed by atoms with E-state index in [9.17, 15) is 0 Å².